The van der Waals surface area contributed by atoms with Gasteiger partial charge in [-0.05, 0) is 53.7 Å². The number of aryl methyl sites for hydroxylation is 1. The summed E-state index contributed by atoms with van der Waals surface area (Å²) in [4.78, 5) is 0. The zero-order valence-corrected chi connectivity index (χ0v) is 14.0. The Morgan fingerprint density at radius 2 is 1.91 bits per heavy atom. The topological polar surface area (TPSA) is 40.5 Å². The molecule has 0 fully saturated rings. The summed E-state index contributed by atoms with van der Waals surface area (Å²) < 4.78 is 0. The van der Waals surface area contributed by atoms with E-state index < -0.39 is 0 Å². The Bertz CT molecular complexity index is 663. The minimum absolute atomic E-state index is 0.0445. The Morgan fingerprint density at radius 3 is 2.59 bits per heavy atom. The first kappa shape index (κ1) is 15.2. The van der Waals surface area contributed by atoms with E-state index in [1.54, 1.807) is 0 Å². The summed E-state index contributed by atoms with van der Waals surface area (Å²) in [5.41, 5.74) is 4.34. The molecule has 0 aromatic heterocycles. The molecule has 0 unspecified atom stereocenters. The van der Waals surface area contributed by atoms with Crippen molar-refractivity contribution in [3.05, 3.63) is 40.5 Å². The molecule has 0 aliphatic heterocycles. The van der Waals surface area contributed by atoms with Crippen LogP contribution in [0, 0.1) is 11.3 Å². The second-order valence-corrected chi connectivity index (χ2v) is 7.72. The lowest BCUT2D eigenvalue weighted by molar-refractivity contribution is 0.235. The van der Waals surface area contributed by atoms with Gasteiger partial charge in [0.15, 0.2) is 11.5 Å². The average Bonchev–Trinajstić information content (AvgIpc) is 2.62. The predicted molar refractivity (Wildman–Crippen MR) is 91.2 cm³/mol. The van der Waals surface area contributed by atoms with E-state index in [1.807, 2.05) is 13.8 Å². The Labute approximate surface area is 133 Å². The summed E-state index contributed by atoms with van der Waals surface area (Å²) in [5.74, 6) is 0.800. The second-order valence-electron chi connectivity index (χ2n) is 7.72. The molecule has 0 heterocycles. The fourth-order valence-corrected chi connectivity index (χ4v) is 3.94. The SMILES string of the molecule is CC(C)c1cc2c(c(O)c1O)C=C1C=CCC(C)(C)[C@H]1CC2. The fourth-order valence-electron chi connectivity index (χ4n) is 3.94. The molecule has 1 aromatic carbocycles. The van der Waals surface area contributed by atoms with Gasteiger partial charge < -0.3 is 10.2 Å². The molecule has 0 bridgehead atoms. The molecule has 118 valence electrons. The molecule has 2 aliphatic carbocycles. The van der Waals surface area contributed by atoms with E-state index in [0.717, 1.165) is 36.0 Å². The van der Waals surface area contributed by atoms with Gasteiger partial charge in [-0.25, -0.2) is 0 Å². The first-order chi connectivity index (χ1) is 10.3. The fraction of sp³-hybridized carbons (Fsp3) is 0.500. The number of aromatic hydroxyl groups is 2. The second kappa shape index (κ2) is 5.19. The van der Waals surface area contributed by atoms with Crippen LogP contribution < -0.4 is 0 Å². The summed E-state index contributed by atoms with van der Waals surface area (Å²) in [6.07, 6.45) is 9.65. The van der Waals surface area contributed by atoms with Gasteiger partial charge >= 0.3 is 0 Å². The van der Waals surface area contributed by atoms with Crippen LogP contribution in [0.25, 0.3) is 6.08 Å². The maximum Gasteiger partial charge on any atom is 0.165 e. The maximum absolute atomic E-state index is 10.5. The molecule has 0 saturated carbocycles. The molecule has 22 heavy (non-hydrogen) atoms. The summed E-state index contributed by atoms with van der Waals surface area (Å²) in [6.45, 7) is 8.73. The molecule has 0 amide bonds. The first-order valence-corrected chi connectivity index (χ1v) is 8.27. The van der Waals surface area contributed by atoms with Crippen LogP contribution in [0.5, 0.6) is 11.5 Å². The normalized spacial score (nSPS) is 22.8. The molecule has 0 radical (unpaired) electrons. The minimum Gasteiger partial charge on any atom is -0.504 e. The van der Waals surface area contributed by atoms with Crippen molar-refractivity contribution in [3.63, 3.8) is 0 Å². The average molecular weight is 298 g/mol. The summed E-state index contributed by atoms with van der Waals surface area (Å²) in [5, 5.41) is 20.8. The van der Waals surface area contributed by atoms with Crippen LogP contribution in [0.1, 0.15) is 63.1 Å². The highest BCUT2D eigenvalue weighted by molar-refractivity contribution is 5.71. The van der Waals surface area contributed by atoms with Crippen LogP contribution >= 0.6 is 0 Å². The highest BCUT2D eigenvalue weighted by Gasteiger charge is 2.34. The van der Waals surface area contributed by atoms with E-state index in [1.165, 1.54) is 5.57 Å². The third kappa shape index (κ3) is 2.35. The van der Waals surface area contributed by atoms with Crippen molar-refractivity contribution >= 4 is 6.08 Å². The van der Waals surface area contributed by atoms with Gasteiger partial charge in [0.1, 0.15) is 0 Å². The largest absolute Gasteiger partial charge is 0.504 e. The number of allylic oxidation sites excluding steroid dienone is 3. The molecule has 2 aliphatic rings. The van der Waals surface area contributed by atoms with E-state index in [9.17, 15) is 10.2 Å². The van der Waals surface area contributed by atoms with E-state index in [2.05, 4.69) is 38.1 Å². The molecular formula is C20H26O2. The molecule has 0 spiro atoms. The number of phenolic OH excluding ortho intramolecular Hbond substituents is 2. The number of phenols is 2. The lowest BCUT2D eigenvalue weighted by atomic mass is 9.68. The van der Waals surface area contributed by atoms with Crippen LogP contribution in [0.2, 0.25) is 0 Å². The van der Waals surface area contributed by atoms with E-state index in [0.29, 0.717) is 5.92 Å². The van der Waals surface area contributed by atoms with E-state index in [-0.39, 0.29) is 22.8 Å². The van der Waals surface area contributed by atoms with Crippen molar-refractivity contribution in [3.8, 4) is 11.5 Å². The molecule has 2 nitrogen and oxygen atoms in total. The van der Waals surface area contributed by atoms with Crippen molar-refractivity contribution in [2.75, 3.05) is 0 Å². The quantitative estimate of drug-likeness (QED) is 0.704. The Balaban J connectivity index is 2.16. The molecule has 1 atom stereocenters. The number of hydrogen-bond acceptors (Lipinski definition) is 2. The van der Waals surface area contributed by atoms with E-state index >= 15 is 0 Å². The van der Waals surface area contributed by atoms with Crippen LogP contribution in [0.4, 0.5) is 0 Å². The number of benzene rings is 1. The first-order valence-electron chi connectivity index (χ1n) is 8.27. The predicted octanol–water partition coefficient (Wildman–Crippen LogP) is 5.15. The van der Waals surface area contributed by atoms with Crippen molar-refractivity contribution in [2.45, 2.75) is 52.9 Å². The van der Waals surface area contributed by atoms with Gasteiger partial charge in [0.2, 0.25) is 0 Å². The van der Waals surface area contributed by atoms with Crippen molar-refractivity contribution in [2.24, 2.45) is 11.3 Å². The third-order valence-corrected chi connectivity index (χ3v) is 5.36. The van der Waals surface area contributed by atoms with Gasteiger partial charge in [-0.15, -0.1) is 0 Å². The maximum atomic E-state index is 10.5. The van der Waals surface area contributed by atoms with Crippen LogP contribution in [0.15, 0.2) is 23.8 Å². The molecule has 3 rings (SSSR count). The smallest absolute Gasteiger partial charge is 0.165 e. The van der Waals surface area contributed by atoms with Gasteiger partial charge in [-0.3, -0.25) is 0 Å². The van der Waals surface area contributed by atoms with Gasteiger partial charge in [0.05, 0.1) is 0 Å². The Hall–Kier alpha value is -1.70. The van der Waals surface area contributed by atoms with Gasteiger partial charge in [0, 0.05) is 11.1 Å². The monoisotopic (exact) mass is 298 g/mol. The number of fused-ring (bicyclic) bond motifs is 2. The molecule has 0 saturated heterocycles. The number of hydrogen-bond donors (Lipinski definition) is 2. The Morgan fingerprint density at radius 1 is 1.18 bits per heavy atom. The Kier molecular flexibility index (Phi) is 3.58. The standard InChI is InChI=1S/C20H26O2/c1-12(2)15-10-13-7-8-17-14(6-5-9-20(17,3)4)11-16(13)19(22)18(15)21/h5-6,10-12,17,21-22H,7-9H2,1-4H3/t17-/m0/s1. The molecule has 2 heteroatoms. The third-order valence-electron chi connectivity index (χ3n) is 5.36. The summed E-state index contributed by atoms with van der Waals surface area (Å²) >= 11 is 0. The molecule has 2 N–H and O–H groups in total. The highest BCUT2D eigenvalue weighted by Crippen LogP contribution is 2.48. The van der Waals surface area contributed by atoms with Gasteiger partial charge in [-0.1, -0.05) is 45.9 Å². The lowest BCUT2D eigenvalue weighted by Crippen LogP contribution is -2.27. The van der Waals surface area contributed by atoms with Crippen molar-refractivity contribution in [1.82, 2.24) is 0 Å². The van der Waals surface area contributed by atoms with Crippen LogP contribution in [0.3, 0.4) is 0 Å². The zero-order chi connectivity index (χ0) is 16.1. The highest BCUT2D eigenvalue weighted by atomic mass is 16.3. The van der Waals surface area contributed by atoms with E-state index in [4.69, 9.17) is 0 Å². The summed E-state index contributed by atoms with van der Waals surface area (Å²) in [6, 6.07) is 2.08. The van der Waals surface area contributed by atoms with Gasteiger partial charge in [-0.2, -0.15) is 0 Å². The van der Waals surface area contributed by atoms with Crippen LogP contribution in [-0.2, 0) is 6.42 Å². The molecule has 1 aromatic rings. The number of rotatable bonds is 1. The lowest BCUT2D eigenvalue weighted by Gasteiger charge is -2.37. The summed E-state index contributed by atoms with van der Waals surface area (Å²) in [7, 11) is 0. The van der Waals surface area contributed by atoms with Gasteiger partial charge in [0.25, 0.3) is 0 Å². The van der Waals surface area contributed by atoms with Crippen molar-refractivity contribution in [1.29, 1.82) is 0 Å². The minimum atomic E-state index is 0.0445. The molecular weight excluding hydrogens is 272 g/mol. The van der Waals surface area contributed by atoms with Crippen LogP contribution in [-0.4, -0.2) is 10.2 Å². The zero-order valence-electron chi connectivity index (χ0n) is 14.0. The van der Waals surface area contributed by atoms with Crippen molar-refractivity contribution < 1.29 is 10.2 Å².